The van der Waals surface area contributed by atoms with Crippen molar-refractivity contribution in [2.45, 2.75) is 0 Å². The van der Waals surface area contributed by atoms with Gasteiger partial charge in [-0.2, -0.15) is 0 Å². The van der Waals surface area contributed by atoms with E-state index in [0.29, 0.717) is 4.47 Å². The maximum Gasteiger partial charge on any atom is 0.337 e. The predicted octanol–water partition coefficient (Wildman–Crippen LogP) is 4.71. The minimum atomic E-state index is -1.15. The van der Waals surface area contributed by atoms with Crippen LogP contribution in [0.25, 0.3) is 0 Å². The predicted molar refractivity (Wildman–Crippen MR) is 85.5 cm³/mol. The Balaban J connectivity index is 2.36. The molecule has 0 atom stereocenters. The molecule has 1 amide bonds. The summed E-state index contributed by atoms with van der Waals surface area (Å²) < 4.78 is 0.596. The van der Waals surface area contributed by atoms with Gasteiger partial charge in [-0.25, -0.2) is 4.79 Å². The van der Waals surface area contributed by atoms with Crippen LogP contribution in [-0.2, 0) is 0 Å². The molecule has 0 aromatic heterocycles. The van der Waals surface area contributed by atoms with Gasteiger partial charge in [0.15, 0.2) is 0 Å². The molecule has 2 rings (SSSR count). The second-order valence-electron chi connectivity index (χ2n) is 4.05. The molecule has 21 heavy (non-hydrogen) atoms. The molecule has 7 heteroatoms. The fourth-order valence-corrected chi connectivity index (χ4v) is 2.42. The highest BCUT2D eigenvalue weighted by Gasteiger charge is 2.16. The van der Waals surface area contributed by atoms with Gasteiger partial charge in [0, 0.05) is 4.47 Å². The van der Waals surface area contributed by atoms with Gasteiger partial charge in [-0.1, -0.05) is 45.2 Å². The third-order valence-electron chi connectivity index (χ3n) is 2.66. The average Bonchev–Trinajstić information content (AvgIpc) is 2.43. The number of carboxylic acids is 1. The monoisotopic (exact) mass is 387 g/mol. The lowest BCUT2D eigenvalue weighted by Crippen LogP contribution is -2.15. The van der Waals surface area contributed by atoms with E-state index in [4.69, 9.17) is 28.3 Å². The fraction of sp³-hybridized carbons (Fsp3) is 0. The molecule has 4 nitrogen and oxygen atoms in total. The number of carboxylic acid groups (broad SMARTS) is 1. The summed E-state index contributed by atoms with van der Waals surface area (Å²) in [6, 6.07) is 9.16. The van der Waals surface area contributed by atoms with Crippen molar-refractivity contribution in [2.24, 2.45) is 0 Å². The summed E-state index contributed by atoms with van der Waals surface area (Å²) in [5, 5.41) is 12.0. The van der Waals surface area contributed by atoms with Crippen molar-refractivity contribution in [1.29, 1.82) is 0 Å². The Morgan fingerprint density at radius 1 is 1.10 bits per heavy atom. The van der Waals surface area contributed by atoms with E-state index in [9.17, 15) is 9.59 Å². The molecule has 0 saturated carbocycles. The first kappa shape index (κ1) is 15.8. The molecule has 0 spiro atoms. The van der Waals surface area contributed by atoms with Gasteiger partial charge in [0.25, 0.3) is 5.91 Å². The van der Waals surface area contributed by atoms with Crippen molar-refractivity contribution in [3.63, 3.8) is 0 Å². The zero-order valence-corrected chi connectivity index (χ0v) is 13.5. The number of hydrogen-bond donors (Lipinski definition) is 2. The molecular formula is C14H8BrCl2NO3. The Morgan fingerprint density at radius 3 is 2.48 bits per heavy atom. The zero-order chi connectivity index (χ0) is 15.6. The number of hydrogen-bond acceptors (Lipinski definition) is 2. The van der Waals surface area contributed by atoms with E-state index in [-0.39, 0.29) is 26.9 Å². The quantitative estimate of drug-likeness (QED) is 0.800. The summed E-state index contributed by atoms with van der Waals surface area (Å²) in [5.74, 6) is -1.68. The Kier molecular flexibility index (Phi) is 4.88. The number of nitrogens with one attached hydrogen (secondary N) is 1. The first-order valence-corrected chi connectivity index (χ1v) is 7.23. The minimum Gasteiger partial charge on any atom is -0.478 e. The van der Waals surface area contributed by atoms with E-state index in [1.807, 2.05) is 0 Å². The largest absolute Gasteiger partial charge is 0.478 e. The van der Waals surface area contributed by atoms with Gasteiger partial charge in [-0.3, -0.25) is 4.79 Å². The Bertz CT molecular complexity index is 734. The summed E-state index contributed by atoms with van der Waals surface area (Å²) in [6.45, 7) is 0. The number of anilines is 1. The summed E-state index contributed by atoms with van der Waals surface area (Å²) in [5.41, 5.74) is 0.311. The van der Waals surface area contributed by atoms with E-state index >= 15 is 0 Å². The van der Waals surface area contributed by atoms with Crippen molar-refractivity contribution in [3.8, 4) is 0 Å². The van der Waals surface area contributed by atoms with Gasteiger partial charge in [0.2, 0.25) is 0 Å². The minimum absolute atomic E-state index is 0.0316. The SMILES string of the molecule is O=C(O)c1cc(Br)ccc1NC(=O)c1cccc(Cl)c1Cl. The molecule has 2 aromatic rings. The zero-order valence-electron chi connectivity index (χ0n) is 10.4. The lowest BCUT2D eigenvalue weighted by molar-refractivity contribution is 0.0698. The first-order chi connectivity index (χ1) is 9.90. The Morgan fingerprint density at radius 2 is 1.81 bits per heavy atom. The number of rotatable bonds is 3. The number of aromatic carboxylic acids is 1. The first-order valence-electron chi connectivity index (χ1n) is 5.68. The third kappa shape index (κ3) is 3.56. The fourth-order valence-electron chi connectivity index (χ4n) is 1.67. The van der Waals surface area contributed by atoms with Crippen LogP contribution in [0.15, 0.2) is 40.9 Å². The number of amides is 1. The van der Waals surface area contributed by atoms with Crippen LogP contribution in [-0.4, -0.2) is 17.0 Å². The summed E-state index contributed by atoms with van der Waals surface area (Å²) in [6.07, 6.45) is 0. The number of halogens is 3. The Labute approximate surface area is 138 Å². The van der Waals surface area contributed by atoms with Crippen LogP contribution in [0.2, 0.25) is 10.0 Å². The summed E-state index contributed by atoms with van der Waals surface area (Å²) in [4.78, 5) is 23.4. The van der Waals surface area contributed by atoms with Gasteiger partial charge < -0.3 is 10.4 Å². The maximum atomic E-state index is 12.2. The molecule has 0 aliphatic rings. The van der Waals surface area contributed by atoms with Crippen molar-refractivity contribution in [3.05, 3.63) is 62.0 Å². The highest BCUT2D eigenvalue weighted by molar-refractivity contribution is 9.10. The number of carbonyl (C=O) groups excluding carboxylic acids is 1. The molecule has 2 N–H and O–H groups in total. The smallest absolute Gasteiger partial charge is 0.337 e. The van der Waals surface area contributed by atoms with Crippen LogP contribution in [0.1, 0.15) is 20.7 Å². The van der Waals surface area contributed by atoms with Crippen molar-refractivity contribution >= 4 is 56.7 Å². The molecule has 0 saturated heterocycles. The number of carbonyl (C=O) groups is 2. The van der Waals surface area contributed by atoms with Gasteiger partial charge in [0.05, 0.1) is 26.9 Å². The topological polar surface area (TPSA) is 66.4 Å². The molecule has 0 aliphatic carbocycles. The van der Waals surface area contributed by atoms with Gasteiger partial charge in [0.1, 0.15) is 0 Å². The Hall–Kier alpha value is -1.56. The molecule has 0 radical (unpaired) electrons. The van der Waals surface area contributed by atoms with E-state index in [1.54, 1.807) is 18.2 Å². The second kappa shape index (κ2) is 6.47. The van der Waals surface area contributed by atoms with Crippen LogP contribution >= 0.6 is 39.1 Å². The molecule has 2 aromatic carbocycles. The van der Waals surface area contributed by atoms with Crippen LogP contribution in [0.4, 0.5) is 5.69 Å². The van der Waals surface area contributed by atoms with Crippen LogP contribution in [0.3, 0.4) is 0 Å². The molecule has 108 valence electrons. The summed E-state index contributed by atoms with van der Waals surface area (Å²) >= 11 is 15.0. The lowest BCUT2D eigenvalue weighted by atomic mass is 10.1. The van der Waals surface area contributed by atoms with Gasteiger partial charge >= 0.3 is 5.97 Å². The molecular weight excluding hydrogens is 381 g/mol. The van der Waals surface area contributed by atoms with E-state index in [1.165, 1.54) is 18.2 Å². The highest BCUT2D eigenvalue weighted by atomic mass is 79.9. The van der Waals surface area contributed by atoms with Crippen molar-refractivity contribution in [1.82, 2.24) is 0 Å². The molecule has 0 unspecified atom stereocenters. The van der Waals surface area contributed by atoms with E-state index in [2.05, 4.69) is 21.2 Å². The van der Waals surface area contributed by atoms with Crippen LogP contribution in [0, 0.1) is 0 Å². The van der Waals surface area contributed by atoms with Crippen LogP contribution < -0.4 is 5.32 Å². The van der Waals surface area contributed by atoms with Gasteiger partial charge in [-0.15, -0.1) is 0 Å². The van der Waals surface area contributed by atoms with E-state index < -0.39 is 11.9 Å². The maximum absolute atomic E-state index is 12.2. The molecule has 0 fully saturated rings. The average molecular weight is 389 g/mol. The van der Waals surface area contributed by atoms with E-state index in [0.717, 1.165) is 0 Å². The van der Waals surface area contributed by atoms with Crippen LogP contribution in [0.5, 0.6) is 0 Å². The molecule has 0 aliphatic heterocycles. The van der Waals surface area contributed by atoms with Gasteiger partial charge in [-0.05, 0) is 30.3 Å². The standard InChI is InChI=1S/C14H8BrCl2NO3/c15-7-4-5-11(9(6-7)14(20)21)18-13(19)8-2-1-3-10(16)12(8)17/h1-6H,(H,18,19)(H,20,21). The van der Waals surface area contributed by atoms with Crippen molar-refractivity contribution < 1.29 is 14.7 Å². The molecule has 0 heterocycles. The lowest BCUT2D eigenvalue weighted by Gasteiger charge is -2.10. The second-order valence-corrected chi connectivity index (χ2v) is 5.75. The number of benzene rings is 2. The van der Waals surface area contributed by atoms with Crippen molar-refractivity contribution in [2.75, 3.05) is 5.32 Å². The highest BCUT2D eigenvalue weighted by Crippen LogP contribution is 2.27. The summed E-state index contributed by atoms with van der Waals surface area (Å²) in [7, 11) is 0. The third-order valence-corrected chi connectivity index (χ3v) is 3.97. The normalized spacial score (nSPS) is 10.2. The molecule has 0 bridgehead atoms.